The van der Waals surface area contributed by atoms with Gasteiger partial charge in [0.15, 0.2) is 0 Å². The van der Waals surface area contributed by atoms with E-state index in [0.29, 0.717) is 0 Å². The van der Waals surface area contributed by atoms with Gasteiger partial charge in [0.05, 0.1) is 18.3 Å². The molecule has 0 N–H and O–H groups in total. The number of carbonyl (C=O) groups is 1. The first-order chi connectivity index (χ1) is 9.63. The van der Waals surface area contributed by atoms with E-state index in [0.717, 1.165) is 53.5 Å². The highest BCUT2D eigenvalue weighted by molar-refractivity contribution is 9.10. The van der Waals surface area contributed by atoms with E-state index < -0.39 is 0 Å². The largest absolute Gasteiger partial charge is 0.377 e. The zero-order valence-corrected chi connectivity index (χ0v) is 14.7. The lowest BCUT2D eigenvalue weighted by Crippen LogP contribution is -2.41. The fraction of sp³-hybridized carbons (Fsp3) is 0.533. The highest BCUT2D eigenvalue weighted by Gasteiger charge is 2.25. The molecular weight excluding hydrogens is 386 g/mol. The van der Waals surface area contributed by atoms with E-state index in [-0.39, 0.29) is 12.0 Å². The van der Waals surface area contributed by atoms with Gasteiger partial charge in [0, 0.05) is 22.9 Å². The first-order valence-corrected chi connectivity index (χ1v) is 8.77. The van der Waals surface area contributed by atoms with Crippen molar-refractivity contribution >= 4 is 37.8 Å². The molecule has 1 aromatic rings. The van der Waals surface area contributed by atoms with Gasteiger partial charge in [0.2, 0.25) is 0 Å². The number of halogens is 2. The summed E-state index contributed by atoms with van der Waals surface area (Å²) in [5.74, 6) is 0.111. The first kappa shape index (κ1) is 16.0. The Labute approximate surface area is 136 Å². The molecule has 1 heterocycles. The summed E-state index contributed by atoms with van der Waals surface area (Å²) < 4.78 is 6.62. The van der Waals surface area contributed by atoms with Crippen molar-refractivity contribution in [1.29, 1.82) is 0 Å². The van der Waals surface area contributed by atoms with Crippen LogP contribution in [0.5, 0.6) is 0 Å². The number of alkyl halides is 1. The van der Waals surface area contributed by atoms with Crippen molar-refractivity contribution in [2.75, 3.05) is 25.0 Å². The normalized spacial score (nSPS) is 16.4. The summed E-state index contributed by atoms with van der Waals surface area (Å²) in [5, 5.41) is 0.863. The van der Waals surface area contributed by atoms with E-state index >= 15 is 0 Å². The van der Waals surface area contributed by atoms with Crippen LogP contribution < -0.4 is 0 Å². The maximum absolute atomic E-state index is 12.5. The molecular formula is C15H19Br2NO2. The summed E-state index contributed by atoms with van der Waals surface area (Å²) in [4.78, 5) is 14.5. The lowest BCUT2D eigenvalue weighted by molar-refractivity contribution is 0.0159. The molecule has 0 radical (unpaired) electrons. The molecule has 1 saturated heterocycles. The van der Waals surface area contributed by atoms with Crippen molar-refractivity contribution < 1.29 is 9.53 Å². The standard InChI is InChI=1S/C15H19Br2NO2/c1-11-3-2-4-13(14(11)17)15(19)18-8-5-12(6-9-18)20-10-7-16/h2-4,12H,5-10H2,1H3. The third-order valence-electron chi connectivity index (χ3n) is 3.58. The Hall–Kier alpha value is -0.390. The van der Waals surface area contributed by atoms with Gasteiger partial charge in [0.25, 0.3) is 5.91 Å². The Bertz CT molecular complexity index is 471. The van der Waals surface area contributed by atoms with Crippen molar-refractivity contribution in [2.24, 2.45) is 0 Å². The Kier molecular flexibility index (Phi) is 6.05. The smallest absolute Gasteiger partial charge is 0.255 e. The second kappa shape index (κ2) is 7.57. The molecule has 0 saturated carbocycles. The maximum atomic E-state index is 12.5. The van der Waals surface area contributed by atoms with E-state index in [1.165, 1.54) is 0 Å². The topological polar surface area (TPSA) is 29.5 Å². The van der Waals surface area contributed by atoms with Crippen LogP contribution in [0, 0.1) is 6.92 Å². The van der Waals surface area contributed by atoms with Crippen molar-refractivity contribution in [3.05, 3.63) is 33.8 Å². The lowest BCUT2D eigenvalue weighted by Gasteiger charge is -2.32. The summed E-state index contributed by atoms with van der Waals surface area (Å²) in [5.41, 5.74) is 1.84. The van der Waals surface area contributed by atoms with Crippen LogP contribution in [0.2, 0.25) is 0 Å². The molecule has 20 heavy (non-hydrogen) atoms. The number of hydrogen-bond donors (Lipinski definition) is 0. The lowest BCUT2D eigenvalue weighted by atomic mass is 10.1. The van der Waals surface area contributed by atoms with Crippen LogP contribution in [0.25, 0.3) is 0 Å². The molecule has 0 bridgehead atoms. The number of likely N-dealkylation sites (tertiary alicyclic amines) is 1. The number of rotatable bonds is 4. The van der Waals surface area contributed by atoms with Gasteiger partial charge >= 0.3 is 0 Å². The van der Waals surface area contributed by atoms with Gasteiger partial charge in [-0.2, -0.15) is 0 Å². The van der Waals surface area contributed by atoms with Crippen molar-refractivity contribution in [3.8, 4) is 0 Å². The molecule has 3 nitrogen and oxygen atoms in total. The molecule has 110 valence electrons. The van der Waals surface area contributed by atoms with Crippen LogP contribution in [0.4, 0.5) is 0 Å². The molecule has 1 amide bonds. The molecule has 0 atom stereocenters. The molecule has 0 aromatic heterocycles. The number of aryl methyl sites for hydroxylation is 1. The van der Waals surface area contributed by atoms with E-state index in [4.69, 9.17) is 4.74 Å². The highest BCUT2D eigenvalue weighted by atomic mass is 79.9. The third-order valence-corrected chi connectivity index (χ3v) is 4.96. The number of carbonyl (C=O) groups excluding carboxylic acids is 1. The van der Waals surface area contributed by atoms with Crippen LogP contribution >= 0.6 is 31.9 Å². The first-order valence-electron chi connectivity index (χ1n) is 6.85. The molecule has 1 aromatic carbocycles. The summed E-state index contributed by atoms with van der Waals surface area (Å²) in [6, 6.07) is 5.81. The van der Waals surface area contributed by atoms with Crippen LogP contribution in [-0.4, -0.2) is 41.9 Å². The van der Waals surface area contributed by atoms with E-state index in [2.05, 4.69) is 31.9 Å². The van der Waals surface area contributed by atoms with Gasteiger partial charge in [-0.15, -0.1) is 0 Å². The minimum atomic E-state index is 0.111. The van der Waals surface area contributed by atoms with E-state index in [1.807, 2.05) is 30.0 Å². The van der Waals surface area contributed by atoms with Gasteiger partial charge in [-0.3, -0.25) is 4.79 Å². The van der Waals surface area contributed by atoms with E-state index in [9.17, 15) is 4.79 Å². The summed E-state index contributed by atoms with van der Waals surface area (Å²) in [6.45, 7) is 4.28. The van der Waals surface area contributed by atoms with Crippen LogP contribution in [-0.2, 0) is 4.74 Å². The van der Waals surface area contributed by atoms with Crippen LogP contribution in [0.3, 0.4) is 0 Å². The molecule has 1 fully saturated rings. The Morgan fingerprint density at radius 3 is 2.75 bits per heavy atom. The SMILES string of the molecule is Cc1cccc(C(=O)N2CCC(OCCBr)CC2)c1Br. The Morgan fingerprint density at radius 2 is 2.10 bits per heavy atom. The van der Waals surface area contributed by atoms with Gasteiger partial charge in [0.1, 0.15) is 0 Å². The van der Waals surface area contributed by atoms with Gasteiger partial charge in [-0.25, -0.2) is 0 Å². The molecule has 1 aliphatic rings. The number of ether oxygens (including phenoxy) is 1. The summed E-state index contributed by atoms with van der Waals surface area (Å²) in [6.07, 6.45) is 2.13. The summed E-state index contributed by atoms with van der Waals surface area (Å²) >= 11 is 6.88. The van der Waals surface area contributed by atoms with Crippen molar-refractivity contribution in [3.63, 3.8) is 0 Å². The molecule has 0 spiro atoms. The minimum Gasteiger partial charge on any atom is -0.377 e. The monoisotopic (exact) mass is 403 g/mol. The molecule has 5 heteroatoms. The Balaban J connectivity index is 1.96. The summed E-state index contributed by atoms with van der Waals surface area (Å²) in [7, 11) is 0. The zero-order valence-electron chi connectivity index (χ0n) is 11.6. The minimum absolute atomic E-state index is 0.111. The number of benzene rings is 1. The second-order valence-electron chi connectivity index (χ2n) is 4.99. The van der Waals surface area contributed by atoms with Crippen molar-refractivity contribution in [1.82, 2.24) is 4.90 Å². The quantitative estimate of drug-likeness (QED) is 0.714. The predicted molar refractivity (Wildman–Crippen MR) is 87.6 cm³/mol. The van der Waals surface area contributed by atoms with Gasteiger partial charge in [-0.1, -0.05) is 28.1 Å². The van der Waals surface area contributed by atoms with Crippen LogP contribution in [0.15, 0.2) is 22.7 Å². The molecule has 2 rings (SSSR count). The fourth-order valence-electron chi connectivity index (χ4n) is 2.42. The maximum Gasteiger partial charge on any atom is 0.255 e. The molecule has 0 aliphatic carbocycles. The Morgan fingerprint density at radius 1 is 1.40 bits per heavy atom. The zero-order chi connectivity index (χ0) is 14.5. The second-order valence-corrected chi connectivity index (χ2v) is 6.57. The van der Waals surface area contributed by atoms with Crippen molar-refractivity contribution in [2.45, 2.75) is 25.9 Å². The average molecular weight is 405 g/mol. The molecule has 0 unspecified atom stereocenters. The molecule has 1 aliphatic heterocycles. The van der Waals surface area contributed by atoms with E-state index in [1.54, 1.807) is 0 Å². The van der Waals surface area contributed by atoms with Gasteiger partial charge in [-0.05, 0) is 47.3 Å². The van der Waals surface area contributed by atoms with Crippen LogP contribution in [0.1, 0.15) is 28.8 Å². The average Bonchev–Trinajstić information content (AvgIpc) is 2.48. The fourth-order valence-corrected chi connectivity index (χ4v) is 3.04. The predicted octanol–water partition coefficient (Wildman–Crippen LogP) is 3.77. The number of piperidine rings is 1. The van der Waals surface area contributed by atoms with Gasteiger partial charge < -0.3 is 9.64 Å². The highest BCUT2D eigenvalue weighted by Crippen LogP contribution is 2.24. The number of hydrogen-bond acceptors (Lipinski definition) is 2. The number of nitrogens with zero attached hydrogens (tertiary/aromatic N) is 1. The third kappa shape index (κ3) is 3.83. The number of amides is 1.